The van der Waals surface area contributed by atoms with E-state index in [1.54, 1.807) is 0 Å². The van der Waals surface area contributed by atoms with Crippen LogP contribution < -0.4 is 4.74 Å². The highest BCUT2D eigenvalue weighted by atomic mass is 127. The Balaban J connectivity index is 2.63. The summed E-state index contributed by atoms with van der Waals surface area (Å²) >= 11 is 2.20. The van der Waals surface area contributed by atoms with Crippen LogP contribution in [0.5, 0.6) is 5.75 Å². The van der Waals surface area contributed by atoms with E-state index in [1.165, 1.54) is 0 Å². The minimum atomic E-state index is 0.197. The number of hydrogen-bond donors (Lipinski definition) is 0. The van der Waals surface area contributed by atoms with Gasteiger partial charge in [-0.05, 0) is 47.2 Å². The summed E-state index contributed by atoms with van der Waals surface area (Å²) in [5.74, 6) is 0.963. The molecule has 0 fully saturated rings. The summed E-state index contributed by atoms with van der Waals surface area (Å²) in [4.78, 5) is 11.5. The van der Waals surface area contributed by atoms with Crippen molar-refractivity contribution < 1.29 is 9.53 Å². The molecule has 1 aromatic carbocycles. The van der Waals surface area contributed by atoms with E-state index in [0.717, 1.165) is 20.4 Å². The molecular formula is C10H9IO2. The maximum atomic E-state index is 11.5. The molecule has 2 rings (SSSR count). The zero-order valence-electron chi connectivity index (χ0n) is 7.26. The summed E-state index contributed by atoms with van der Waals surface area (Å²) in [7, 11) is 0. The molecule has 1 aliphatic heterocycles. The van der Waals surface area contributed by atoms with Gasteiger partial charge in [0.25, 0.3) is 0 Å². The van der Waals surface area contributed by atoms with Crippen molar-refractivity contribution in [2.24, 2.45) is 0 Å². The molecule has 1 aliphatic rings. The van der Waals surface area contributed by atoms with E-state index in [2.05, 4.69) is 22.6 Å². The summed E-state index contributed by atoms with van der Waals surface area (Å²) in [6.07, 6.45) is 0.506. The fourth-order valence-electron chi connectivity index (χ4n) is 1.46. The second-order valence-corrected chi connectivity index (χ2v) is 4.31. The van der Waals surface area contributed by atoms with Crippen molar-refractivity contribution in [3.63, 3.8) is 0 Å². The van der Waals surface area contributed by atoms with Gasteiger partial charge >= 0.3 is 0 Å². The first-order valence-corrected chi connectivity index (χ1v) is 5.22. The third-order valence-corrected chi connectivity index (χ3v) is 2.87. The molecule has 0 radical (unpaired) electrons. The van der Waals surface area contributed by atoms with Crippen LogP contribution in [0.3, 0.4) is 0 Å². The molecule has 0 spiro atoms. The molecule has 0 aliphatic carbocycles. The molecule has 0 aromatic heterocycles. The van der Waals surface area contributed by atoms with Crippen LogP contribution in [0.15, 0.2) is 12.1 Å². The Bertz CT molecular complexity index is 371. The van der Waals surface area contributed by atoms with Gasteiger partial charge in [0.2, 0.25) is 0 Å². The number of carbonyl (C=O) groups is 1. The van der Waals surface area contributed by atoms with Crippen LogP contribution in [0.2, 0.25) is 0 Å². The Morgan fingerprint density at radius 2 is 2.23 bits per heavy atom. The van der Waals surface area contributed by atoms with E-state index >= 15 is 0 Å². The average molecular weight is 288 g/mol. The topological polar surface area (TPSA) is 26.3 Å². The molecule has 0 saturated carbocycles. The van der Waals surface area contributed by atoms with Gasteiger partial charge in [0, 0.05) is 6.42 Å². The Labute approximate surface area is 90.4 Å². The predicted molar refractivity (Wildman–Crippen MR) is 58.3 cm³/mol. The largest absolute Gasteiger partial charge is 0.491 e. The predicted octanol–water partition coefficient (Wildman–Crippen LogP) is 2.56. The van der Waals surface area contributed by atoms with Gasteiger partial charge in [-0.25, -0.2) is 0 Å². The van der Waals surface area contributed by atoms with E-state index in [9.17, 15) is 4.79 Å². The highest BCUT2D eigenvalue weighted by molar-refractivity contribution is 14.1. The van der Waals surface area contributed by atoms with Gasteiger partial charge in [-0.15, -0.1) is 0 Å². The van der Waals surface area contributed by atoms with E-state index < -0.39 is 0 Å². The molecule has 2 nitrogen and oxygen atoms in total. The molecule has 1 aromatic rings. The third-order valence-electron chi connectivity index (χ3n) is 2.06. The zero-order chi connectivity index (χ0) is 9.42. The summed E-state index contributed by atoms with van der Waals surface area (Å²) < 4.78 is 6.48. The lowest BCUT2D eigenvalue weighted by Gasteiger charge is -2.17. The van der Waals surface area contributed by atoms with E-state index in [-0.39, 0.29) is 5.78 Å². The Morgan fingerprint density at radius 1 is 1.46 bits per heavy atom. The van der Waals surface area contributed by atoms with Crippen LogP contribution in [-0.2, 0) is 0 Å². The second-order valence-electron chi connectivity index (χ2n) is 3.15. The Hall–Kier alpha value is -0.580. The molecule has 0 saturated heterocycles. The van der Waals surface area contributed by atoms with Gasteiger partial charge in [-0.3, -0.25) is 4.79 Å². The lowest BCUT2D eigenvalue weighted by molar-refractivity contribution is 0.0932. The molecule has 68 valence electrons. The highest BCUT2D eigenvalue weighted by Gasteiger charge is 2.20. The van der Waals surface area contributed by atoms with Gasteiger partial charge in [-0.2, -0.15) is 0 Å². The average Bonchev–Trinajstić information content (AvgIpc) is 2.07. The molecule has 0 unspecified atom stereocenters. The first-order valence-electron chi connectivity index (χ1n) is 4.14. The minimum absolute atomic E-state index is 0.197. The molecule has 1 heterocycles. The maximum absolute atomic E-state index is 11.5. The number of halogens is 1. The minimum Gasteiger partial charge on any atom is -0.491 e. The van der Waals surface area contributed by atoms with Gasteiger partial charge in [-0.1, -0.05) is 0 Å². The first-order chi connectivity index (χ1) is 6.18. The number of aryl methyl sites for hydroxylation is 1. The van der Waals surface area contributed by atoms with Gasteiger partial charge in [0.05, 0.1) is 15.7 Å². The lowest BCUT2D eigenvalue weighted by atomic mass is 10.0. The number of carbonyl (C=O) groups excluding carboxylic acids is 1. The van der Waals surface area contributed by atoms with E-state index in [4.69, 9.17) is 4.74 Å². The van der Waals surface area contributed by atoms with Crippen LogP contribution >= 0.6 is 22.6 Å². The number of fused-ring (bicyclic) bond motifs is 1. The monoisotopic (exact) mass is 288 g/mol. The van der Waals surface area contributed by atoms with Crippen LogP contribution in [0.4, 0.5) is 0 Å². The van der Waals surface area contributed by atoms with Crippen molar-refractivity contribution >= 4 is 28.4 Å². The van der Waals surface area contributed by atoms with Crippen LogP contribution in [0.1, 0.15) is 22.3 Å². The quantitative estimate of drug-likeness (QED) is 0.686. The summed E-state index contributed by atoms with van der Waals surface area (Å²) in [6.45, 7) is 2.51. The van der Waals surface area contributed by atoms with Crippen molar-refractivity contribution in [3.8, 4) is 5.75 Å². The Kier molecular flexibility index (Phi) is 2.27. The molecule has 13 heavy (non-hydrogen) atoms. The number of Topliss-reactive ketones (excluding diaryl/α,β-unsaturated/α-hetero) is 1. The van der Waals surface area contributed by atoms with Crippen molar-refractivity contribution in [2.45, 2.75) is 13.3 Å². The number of hydrogen-bond acceptors (Lipinski definition) is 2. The third kappa shape index (κ3) is 1.57. The van der Waals surface area contributed by atoms with Crippen molar-refractivity contribution in [3.05, 3.63) is 26.8 Å². The summed E-state index contributed by atoms with van der Waals surface area (Å²) in [5, 5.41) is 0. The van der Waals surface area contributed by atoms with Crippen molar-refractivity contribution in [2.75, 3.05) is 6.61 Å². The van der Waals surface area contributed by atoms with E-state index in [1.807, 2.05) is 19.1 Å². The molecule has 0 N–H and O–H groups in total. The standard InChI is InChI=1S/C10H9IO2/c1-6-4-7-9(12)2-3-13-10(7)8(11)5-6/h4-5H,2-3H2,1H3. The van der Waals surface area contributed by atoms with Crippen LogP contribution in [0, 0.1) is 10.5 Å². The maximum Gasteiger partial charge on any atom is 0.170 e. The van der Waals surface area contributed by atoms with Crippen LogP contribution in [-0.4, -0.2) is 12.4 Å². The zero-order valence-corrected chi connectivity index (χ0v) is 9.42. The molecule has 0 amide bonds. The molecular weight excluding hydrogens is 279 g/mol. The van der Waals surface area contributed by atoms with Gasteiger partial charge in [0.1, 0.15) is 5.75 Å². The van der Waals surface area contributed by atoms with Crippen molar-refractivity contribution in [1.29, 1.82) is 0 Å². The molecule has 3 heteroatoms. The lowest BCUT2D eigenvalue weighted by Crippen LogP contribution is -2.16. The first kappa shape index (κ1) is 8.99. The number of rotatable bonds is 0. The SMILES string of the molecule is Cc1cc(I)c2c(c1)C(=O)CCO2. The fourth-order valence-corrected chi connectivity index (χ4v) is 2.40. The number of benzene rings is 1. The molecule has 0 bridgehead atoms. The Morgan fingerprint density at radius 3 is 3.00 bits per heavy atom. The summed E-state index contributed by atoms with van der Waals surface area (Å²) in [6, 6.07) is 3.93. The highest BCUT2D eigenvalue weighted by Crippen LogP contribution is 2.31. The van der Waals surface area contributed by atoms with Crippen molar-refractivity contribution in [1.82, 2.24) is 0 Å². The smallest absolute Gasteiger partial charge is 0.170 e. The summed E-state index contributed by atoms with van der Waals surface area (Å²) in [5.41, 5.74) is 1.86. The van der Waals surface area contributed by atoms with E-state index in [0.29, 0.717) is 13.0 Å². The van der Waals surface area contributed by atoms with Crippen LogP contribution in [0.25, 0.3) is 0 Å². The van der Waals surface area contributed by atoms with Gasteiger partial charge < -0.3 is 4.74 Å². The second kappa shape index (κ2) is 3.29. The van der Waals surface area contributed by atoms with Gasteiger partial charge in [0.15, 0.2) is 5.78 Å². The number of ether oxygens (including phenoxy) is 1. The number of ketones is 1. The molecule has 0 atom stereocenters. The fraction of sp³-hybridized carbons (Fsp3) is 0.300. The normalized spacial score (nSPS) is 15.1.